The lowest BCUT2D eigenvalue weighted by atomic mass is 10.1. The van der Waals surface area contributed by atoms with Crippen LogP contribution in [0.1, 0.15) is 11.1 Å². The number of aromatic nitrogens is 2. The van der Waals surface area contributed by atoms with Crippen molar-refractivity contribution in [2.45, 2.75) is 13.0 Å². The molecule has 0 aliphatic carbocycles. The number of rotatable bonds is 6. The first-order chi connectivity index (χ1) is 15.9. The van der Waals surface area contributed by atoms with Crippen LogP contribution in [0, 0.1) is 11.6 Å². The smallest absolute Gasteiger partial charge is 0.325 e. The van der Waals surface area contributed by atoms with E-state index in [0.29, 0.717) is 27.9 Å². The number of H-pyrrole nitrogens is 1. The Morgan fingerprint density at radius 2 is 1.85 bits per heavy atom. The van der Waals surface area contributed by atoms with Crippen molar-refractivity contribution < 1.29 is 28.2 Å². The van der Waals surface area contributed by atoms with Gasteiger partial charge in [-0.05, 0) is 35.9 Å². The number of ether oxygens (including phenoxy) is 1. The van der Waals surface area contributed by atoms with Crippen molar-refractivity contribution in [3.63, 3.8) is 0 Å². The zero-order chi connectivity index (χ0) is 23.4. The molecular formula is C23H18F2N4O4. The summed E-state index contributed by atoms with van der Waals surface area (Å²) in [6.07, 6.45) is 2.95. The SMILES string of the molecule is O=C(Cc1ccc(F)cc1)NC(=O)Nc1ccc(Oc2ccnc3[nH]cc(CO)c23)c(F)c1. The number of pyridine rings is 1. The average Bonchev–Trinajstić information content (AvgIpc) is 3.21. The van der Waals surface area contributed by atoms with Crippen molar-refractivity contribution in [2.24, 2.45) is 0 Å². The Labute approximate surface area is 186 Å². The molecule has 168 valence electrons. The number of aliphatic hydroxyl groups is 1. The highest BCUT2D eigenvalue weighted by molar-refractivity contribution is 6.01. The molecule has 0 bridgehead atoms. The van der Waals surface area contributed by atoms with Crippen LogP contribution < -0.4 is 15.4 Å². The zero-order valence-corrected chi connectivity index (χ0v) is 17.1. The molecule has 0 fully saturated rings. The van der Waals surface area contributed by atoms with Gasteiger partial charge in [-0.15, -0.1) is 0 Å². The Balaban J connectivity index is 1.40. The van der Waals surface area contributed by atoms with Gasteiger partial charge in [-0.3, -0.25) is 10.1 Å². The largest absolute Gasteiger partial charge is 0.453 e. The molecule has 0 saturated carbocycles. The zero-order valence-electron chi connectivity index (χ0n) is 17.1. The van der Waals surface area contributed by atoms with Gasteiger partial charge in [-0.1, -0.05) is 12.1 Å². The van der Waals surface area contributed by atoms with Crippen molar-refractivity contribution in [1.82, 2.24) is 15.3 Å². The van der Waals surface area contributed by atoms with Crippen LogP contribution in [0.4, 0.5) is 19.3 Å². The maximum absolute atomic E-state index is 14.6. The number of halogens is 2. The summed E-state index contributed by atoms with van der Waals surface area (Å²) in [7, 11) is 0. The molecule has 3 amide bonds. The van der Waals surface area contributed by atoms with Crippen LogP contribution in [0.2, 0.25) is 0 Å². The summed E-state index contributed by atoms with van der Waals surface area (Å²) in [5.74, 6) is -1.59. The lowest BCUT2D eigenvalue weighted by molar-refractivity contribution is -0.119. The van der Waals surface area contributed by atoms with Crippen molar-refractivity contribution in [1.29, 1.82) is 0 Å². The molecule has 0 aliphatic heterocycles. The molecule has 4 aromatic rings. The molecule has 0 atom stereocenters. The van der Waals surface area contributed by atoms with E-state index in [-0.39, 0.29) is 24.5 Å². The number of nitrogens with one attached hydrogen (secondary N) is 3. The number of nitrogens with zero attached hydrogens (tertiary/aromatic N) is 1. The number of urea groups is 1. The van der Waals surface area contributed by atoms with E-state index in [9.17, 15) is 23.5 Å². The predicted molar refractivity (Wildman–Crippen MR) is 116 cm³/mol. The van der Waals surface area contributed by atoms with E-state index in [1.54, 1.807) is 12.3 Å². The summed E-state index contributed by atoms with van der Waals surface area (Å²) in [6, 6.07) is 9.78. The van der Waals surface area contributed by atoms with E-state index < -0.39 is 23.6 Å². The molecule has 2 aromatic heterocycles. The number of benzene rings is 2. The minimum absolute atomic E-state index is 0.101. The van der Waals surface area contributed by atoms with Crippen molar-refractivity contribution in [3.8, 4) is 11.5 Å². The van der Waals surface area contributed by atoms with Crippen LogP contribution in [-0.2, 0) is 17.8 Å². The van der Waals surface area contributed by atoms with Gasteiger partial charge in [0.05, 0.1) is 18.4 Å². The molecule has 4 rings (SSSR count). The Hall–Kier alpha value is -4.31. The number of carbonyl (C=O) groups excluding carboxylic acids is 2. The van der Waals surface area contributed by atoms with E-state index in [2.05, 4.69) is 20.6 Å². The molecule has 2 heterocycles. The van der Waals surface area contributed by atoms with Crippen LogP contribution in [0.5, 0.6) is 11.5 Å². The number of carbonyl (C=O) groups is 2. The van der Waals surface area contributed by atoms with E-state index in [1.807, 2.05) is 0 Å². The third-order valence-electron chi connectivity index (χ3n) is 4.73. The Morgan fingerprint density at radius 1 is 1.06 bits per heavy atom. The first-order valence-electron chi connectivity index (χ1n) is 9.81. The molecule has 2 aromatic carbocycles. The van der Waals surface area contributed by atoms with E-state index in [0.717, 1.165) is 6.07 Å². The third kappa shape index (κ3) is 5.13. The fraction of sp³-hybridized carbons (Fsp3) is 0.0870. The Kier molecular flexibility index (Phi) is 6.27. The first-order valence-corrected chi connectivity index (χ1v) is 9.81. The maximum atomic E-state index is 14.6. The molecule has 0 spiro atoms. The molecular weight excluding hydrogens is 434 g/mol. The maximum Gasteiger partial charge on any atom is 0.325 e. The quantitative estimate of drug-likeness (QED) is 0.353. The van der Waals surface area contributed by atoms with Gasteiger partial charge in [0.25, 0.3) is 0 Å². The standard InChI is InChI=1S/C23H18F2N4O4/c24-15-3-1-13(2-4-15)9-20(31)29-23(32)28-16-5-6-18(17(25)10-16)33-19-7-8-26-22-21(19)14(12-30)11-27-22/h1-8,10-11,30H,9,12H2,(H,26,27)(H2,28,29,31,32). The lowest BCUT2D eigenvalue weighted by Crippen LogP contribution is -2.35. The van der Waals surface area contributed by atoms with E-state index >= 15 is 0 Å². The Morgan fingerprint density at radius 3 is 2.58 bits per heavy atom. The summed E-state index contributed by atoms with van der Waals surface area (Å²) >= 11 is 0. The minimum Gasteiger partial charge on any atom is -0.453 e. The fourth-order valence-electron chi connectivity index (χ4n) is 3.20. The van der Waals surface area contributed by atoms with Gasteiger partial charge >= 0.3 is 6.03 Å². The normalized spacial score (nSPS) is 10.8. The van der Waals surface area contributed by atoms with Crippen LogP contribution >= 0.6 is 0 Å². The number of hydrogen-bond acceptors (Lipinski definition) is 5. The summed E-state index contributed by atoms with van der Waals surface area (Å²) in [5.41, 5.74) is 1.67. The van der Waals surface area contributed by atoms with Crippen molar-refractivity contribution in [3.05, 3.63) is 83.7 Å². The predicted octanol–water partition coefficient (Wildman–Crippen LogP) is 4.02. The van der Waals surface area contributed by atoms with Gasteiger partial charge in [0.1, 0.15) is 17.2 Å². The number of fused-ring (bicyclic) bond motifs is 1. The van der Waals surface area contributed by atoms with Gasteiger partial charge in [0.15, 0.2) is 11.6 Å². The highest BCUT2D eigenvalue weighted by Crippen LogP contribution is 2.33. The molecule has 0 unspecified atom stereocenters. The molecule has 0 radical (unpaired) electrons. The second-order valence-corrected chi connectivity index (χ2v) is 7.06. The fourth-order valence-corrected chi connectivity index (χ4v) is 3.20. The van der Waals surface area contributed by atoms with Gasteiger partial charge < -0.3 is 20.1 Å². The Bertz CT molecular complexity index is 1320. The van der Waals surface area contributed by atoms with Crippen LogP contribution in [0.3, 0.4) is 0 Å². The van der Waals surface area contributed by atoms with Gasteiger partial charge in [-0.2, -0.15) is 0 Å². The van der Waals surface area contributed by atoms with E-state index in [4.69, 9.17) is 4.74 Å². The summed E-state index contributed by atoms with van der Waals surface area (Å²) in [6.45, 7) is -0.248. The highest BCUT2D eigenvalue weighted by atomic mass is 19.1. The van der Waals surface area contributed by atoms with Gasteiger partial charge in [-0.25, -0.2) is 18.6 Å². The third-order valence-corrected chi connectivity index (χ3v) is 4.73. The number of amides is 3. The number of anilines is 1. The van der Waals surface area contributed by atoms with E-state index in [1.165, 1.54) is 42.6 Å². The summed E-state index contributed by atoms with van der Waals surface area (Å²) in [5, 5.41) is 14.5. The number of aliphatic hydroxyl groups excluding tert-OH is 1. The number of hydrogen-bond donors (Lipinski definition) is 4. The van der Waals surface area contributed by atoms with Crippen LogP contribution in [0.25, 0.3) is 11.0 Å². The highest BCUT2D eigenvalue weighted by Gasteiger charge is 2.14. The second kappa shape index (κ2) is 9.45. The molecule has 33 heavy (non-hydrogen) atoms. The molecule has 4 N–H and O–H groups in total. The molecule has 8 nitrogen and oxygen atoms in total. The van der Waals surface area contributed by atoms with Gasteiger partial charge in [0.2, 0.25) is 5.91 Å². The summed E-state index contributed by atoms with van der Waals surface area (Å²) < 4.78 is 33.2. The topological polar surface area (TPSA) is 116 Å². The average molecular weight is 452 g/mol. The van der Waals surface area contributed by atoms with Crippen LogP contribution in [0.15, 0.2) is 60.9 Å². The lowest BCUT2D eigenvalue weighted by Gasteiger charge is -2.11. The number of imide groups is 1. The molecule has 0 saturated heterocycles. The number of aromatic amines is 1. The van der Waals surface area contributed by atoms with Crippen LogP contribution in [-0.4, -0.2) is 27.0 Å². The second-order valence-electron chi connectivity index (χ2n) is 7.06. The van der Waals surface area contributed by atoms with Crippen molar-refractivity contribution in [2.75, 3.05) is 5.32 Å². The first kappa shape index (κ1) is 21.9. The summed E-state index contributed by atoms with van der Waals surface area (Å²) in [4.78, 5) is 31.1. The van der Waals surface area contributed by atoms with Crippen molar-refractivity contribution >= 4 is 28.7 Å². The molecule has 0 aliphatic rings. The minimum atomic E-state index is -0.842. The van der Waals surface area contributed by atoms with Gasteiger partial charge in [0, 0.05) is 29.7 Å². The molecule has 10 heteroatoms. The monoisotopic (exact) mass is 452 g/mol.